The molecule has 0 saturated carbocycles. The number of carbonyl (C=O) groups excluding carboxylic acids is 1. The Bertz CT molecular complexity index is 214. The molecule has 0 unspecified atom stereocenters. The Morgan fingerprint density at radius 1 is 0.944 bits per heavy atom. The maximum atomic E-state index is 10.3. The molecule has 0 radical (unpaired) electrons. The quantitative estimate of drug-likeness (QED) is 0.556. The average molecular weight is 257 g/mol. The monoisotopic (exact) mass is 257 g/mol. The molecule has 0 aliphatic heterocycles. The van der Waals surface area contributed by atoms with Crippen LogP contribution < -0.4 is 0 Å². The van der Waals surface area contributed by atoms with E-state index in [0.717, 1.165) is 6.08 Å². The zero-order chi connectivity index (χ0) is 14.9. The van der Waals surface area contributed by atoms with Crippen molar-refractivity contribution >= 4 is 5.97 Å². The molecule has 0 aromatic rings. The van der Waals surface area contributed by atoms with Gasteiger partial charge in [-0.3, -0.25) is 4.90 Å². The highest BCUT2D eigenvalue weighted by molar-refractivity contribution is 5.81. The molecule has 3 heteroatoms. The van der Waals surface area contributed by atoms with Crippen molar-refractivity contribution in [2.24, 2.45) is 0 Å². The number of carbonyl (C=O) groups is 1. The van der Waals surface area contributed by atoms with Crippen LogP contribution in [0.3, 0.4) is 0 Å². The van der Waals surface area contributed by atoms with Gasteiger partial charge in [0.25, 0.3) is 0 Å². The first-order valence-corrected chi connectivity index (χ1v) is 6.73. The van der Waals surface area contributed by atoms with Gasteiger partial charge in [-0.25, -0.2) is 4.79 Å². The Morgan fingerprint density at radius 3 is 1.33 bits per heavy atom. The molecule has 0 rings (SSSR count). The van der Waals surface area contributed by atoms with E-state index in [1.807, 2.05) is 0 Å². The summed E-state index contributed by atoms with van der Waals surface area (Å²) in [6.07, 6.45) is 1.11. The molecule has 0 amide bonds. The maximum Gasteiger partial charge on any atom is 0.330 e. The van der Waals surface area contributed by atoms with Crippen LogP contribution in [0, 0.1) is 0 Å². The third kappa shape index (κ3) is 10.3. The smallest absolute Gasteiger partial charge is 0.330 e. The third-order valence-electron chi connectivity index (χ3n) is 2.31. The Kier molecular flexibility index (Phi) is 11.0. The van der Waals surface area contributed by atoms with Crippen LogP contribution >= 0.6 is 0 Å². The molecule has 0 aliphatic carbocycles. The molecule has 0 heterocycles. The summed E-state index contributed by atoms with van der Waals surface area (Å²) < 4.78 is 4.64. The molecule has 0 saturated heterocycles. The summed E-state index contributed by atoms with van der Waals surface area (Å²) in [5.74, 6) is -0.361. The lowest BCUT2D eigenvalue weighted by atomic mass is 10.2. The Balaban J connectivity index is 0. The minimum atomic E-state index is -0.361. The summed E-state index contributed by atoms with van der Waals surface area (Å²) in [6, 6.07) is 2.00. The lowest BCUT2D eigenvalue weighted by Gasteiger charge is -2.34. The molecular formula is C15H31NO2. The first-order valence-electron chi connectivity index (χ1n) is 6.73. The molecule has 0 aliphatic rings. The van der Waals surface area contributed by atoms with Gasteiger partial charge in [-0.05, 0) is 55.4 Å². The number of hydrogen-bond acceptors (Lipinski definition) is 3. The minimum Gasteiger partial charge on any atom is -0.460 e. The van der Waals surface area contributed by atoms with Gasteiger partial charge in [-0.2, -0.15) is 0 Å². The maximum absolute atomic E-state index is 10.3. The van der Waals surface area contributed by atoms with Crippen LogP contribution in [0.15, 0.2) is 12.7 Å². The fourth-order valence-electron chi connectivity index (χ4n) is 2.07. The van der Waals surface area contributed by atoms with Gasteiger partial charge < -0.3 is 4.74 Å². The normalized spacial score (nSPS) is 10.9. The van der Waals surface area contributed by atoms with Crippen LogP contribution in [-0.2, 0) is 9.53 Å². The van der Waals surface area contributed by atoms with Crippen molar-refractivity contribution in [2.45, 2.75) is 79.6 Å². The molecule has 18 heavy (non-hydrogen) atoms. The second-order valence-electron chi connectivity index (χ2n) is 5.42. The van der Waals surface area contributed by atoms with E-state index < -0.39 is 0 Å². The van der Waals surface area contributed by atoms with Crippen LogP contribution in [-0.4, -0.2) is 35.1 Å². The topological polar surface area (TPSA) is 29.5 Å². The molecule has 0 bridgehead atoms. The first-order chi connectivity index (χ1) is 8.13. The first kappa shape index (κ1) is 19.5. The summed E-state index contributed by atoms with van der Waals surface area (Å²) in [6.45, 7) is 20.3. The van der Waals surface area contributed by atoms with Crippen LogP contribution in [0.1, 0.15) is 55.4 Å². The van der Waals surface area contributed by atoms with Gasteiger partial charge in [0.1, 0.15) is 0 Å². The van der Waals surface area contributed by atoms with Crippen molar-refractivity contribution in [1.82, 2.24) is 4.90 Å². The zero-order valence-corrected chi connectivity index (χ0v) is 13.4. The van der Waals surface area contributed by atoms with Crippen LogP contribution in [0.5, 0.6) is 0 Å². The second-order valence-corrected chi connectivity index (χ2v) is 5.42. The van der Waals surface area contributed by atoms with Gasteiger partial charge >= 0.3 is 5.97 Å². The molecule has 0 fully saturated rings. The summed E-state index contributed by atoms with van der Waals surface area (Å²) >= 11 is 0. The largest absolute Gasteiger partial charge is 0.460 e. The standard InChI is InChI=1S/C9H21N.C6H10O2/c1-7(2)10(8(3)4)9(5)6;1-4-6(7)8-5(2)3/h7-9H,1-6H3;4-5H,1H2,2-3H3. The van der Waals surface area contributed by atoms with E-state index in [4.69, 9.17) is 0 Å². The van der Waals surface area contributed by atoms with Crippen molar-refractivity contribution in [3.8, 4) is 0 Å². The Hall–Kier alpha value is -0.830. The highest BCUT2D eigenvalue weighted by atomic mass is 16.5. The zero-order valence-electron chi connectivity index (χ0n) is 13.4. The second kappa shape index (κ2) is 10.1. The van der Waals surface area contributed by atoms with Gasteiger partial charge in [0.05, 0.1) is 6.10 Å². The van der Waals surface area contributed by atoms with E-state index in [0.29, 0.717) is 18.1 Å². The predicted octanol–water partition coefficient (Wildman–Crippen LogP) is 3.64. The van der Waals surface area contributed by atoms with Crippen LogP contribution in [0.2, 0.25) is 0 Å². The van der Waals surface area contributed by atoms with Crippen molar-refractivity contribution in [3.63, 3.8) is 0 Å². The fraction of sp³-hybridized carbons (Fsp3) is 0.800. The van der Waals surface area contributed by atoms with E-state index >= 15 is 0 Å². The van der Waals surface area contributed by atoms with E-state index in [1.54, 1.807) is 13.8 Å². The molecular weight excluding hydrogens is 226 g/mol. The number of rotatable bonds is 5. The molecule has 108 valence electrons. The van der Waals surface area contributed by atoms with Gasteiger partial charge in [0.15, 0.2) is 0 Å². The van der Waals surface area contributed by atoms with Gasteiger partial charge in [-0.15, -0.1) is 0 Å². The van der Waals surface area contributed by atoms with Crippen molar-refractivity contribution in [2.75, 3.05) is 0 Å². The number of esters is 1. The molecule has 0 spiro atoms. The number of nitrogens with zero attached hydrogens (tertiary/aromatic N) is 1. The van der Waals surface area contributed by atoms with Crippen LogP contribution in [0.25, 0.3) is 0 Å². The third-order valence-corrected chi connectivity index (χ3v) is 2.31. The molecule has 0 aromatic heterocycles. The van der Waals surface area contributed by atoms with E-state index in [-0.39, 0.29) is 12.1 Å². The molecule has 0 aromatic carbocycles. The molecule has 3 nitrogen and oxygen atoms in total. The van der Waals surface area contributed by atoms with Crippen molar-refractivity contribution in [3.05, 3.63) is 12.7 Å². The summed E-state index contributed by atoms with van der Waals surface area (Å²) in [5.41, 5.74) is 0. The highest BCUT2D eigenvalue weighted by Gasteiger charge is 2.15. The summed E-state index contributed by atoms with van der Waals surface area (Å²) in [5, 5.41) is 0. The van der Waals surface area contributed by atoms with Crippen molar-refractivity contribution < 1.29 is 9.53 Å². The lowest BCUT2D eigenvalue weighted by molar-refractivity contribution is -0.141. The average Bonchev–Trinajstić information content (AvgIpc) is 2.15. The molecule has 0 atom stereocenters. The lowest BCUT2D eigenvalue weighted by Crippen LogP contribution is -2.42. The molecule has 0 N–H and O–H groups in total. The SMILES string of the molecule is C=CC(=O)OC(C)C.CC(C)N(C(C)C)C(C)C. The van der Waals surface area contributed by atoms with Gasteiger partial charge in [-0.1, -0.05) is 6.58 Å². The van der Waals surface area contributed by atoms with E-state index in [9.17, 15) is 4.79 Å². The predicted molar refractivity (Wildman–Crippen MR) is 78.7 cm³/mol. The fourth-order valence-corrected chi connectivity index (χ4v) is 2.07. The van der Waals surface area contributed by atoms with Gasteiger partial charge in [0.2, 0.25) is 0 Å². The number of ether oxygens (including phenoxy) is 1. The van der Waals surface area contributed by atoms with Crippen molar-refractivity contribution in [1.29, 1.82) is 0 Å². The summed E-state index contributed by atoms with van der Waals surface area (Å²) in [4.78, 5) is 12.8. The van der Waals surface area contributed by atoms with Gasteiger partial charge in [0, 0.05) is 24.2 Å². The highest BCUT2D eigenvalue weighted by Crippen LogP contribution is 2.09. The van der Waals surface area contributed by atoms with E-state index in [2.05, 4.69) is 57.8 Å². The Morgan fingerprint density at radius 2 is 1.28 bits per heavy atom. The number of hydrogen-bond donors (Lipinski definition) is 0. The summed E-state index contributed by atoms with van der Waals surface area (Å²) in [7, 11) is 0. The van der Waals surface area contributed by atoms with Crippen LogP contribution in [0.4, 0.5) is 0 Å². The van der Waals surface area contributed by atoms with E-state index in [1.165, 1.54) is 0 Å². The minimum absolute atomic E-state index is 0.0412. The Labute approximate surface area is 113 Å².